The van der Waals surface area contributed by atoms with Crippen LogP contribution in [0.5, 0.6) is 0 Å². The first-order valence-corrected chi connectivity index (χ1v) is 5.83. The van der Waals surface area contributed by atoms with Crippen molar-refractivity contribution in [3.05, 3.63) is 34.4 Å². The van der Waals surface area contributed by atoms with Gasteiger partial charge in [0.25, 0.3) is 5.69 Å². The number of carbonyl (C=O) groups excluding carboxylic acids is 1. The average Bonchev–Trinajstić information content (AvgIpc) is 2.39. The summed E-state index contributed by atoms with van der Waals surface area (Å²) in [5.41, 5.74) is 0.939. The first kappa shape index (κ1) is 12.3. The molecule has 0 radical (unpaired) electrons. The highest BCUT2D eigenvalue weighted by atomic mass is 16.6. The minimum absolute atomic E-state index is 0.0775. The number of nitro groups is 1. The van der Waals surface area contributed by atoms with Gasteiger partial charge in [0.15, 0.2) is 0 Å². The number of carbonyl (C=O) groups is 1. The molecule has 0 spiro atoms. The molecule has 96 valence electrons. The van der Waals surface area contributed by atoms with E-state index in [0.29, 0.717) is 26.2 Å². The quantitative estimate of drug-likeness (QED) is 0.584. The second-order valence-corrected chi connectivity index (χ2v) is 4.27. The van der Waals surface area contributed by atoms with Crippen LogP contribution in [0.3, 0.4) is 0 Å². The first-order valence-electron chi connectivity index (χ1n) is 5.83. The molecule has 0 unspecified atom stereocenters. The average molecular weight is 249 g/mol. The standard InChI is InChI=1S/C12H15N3O3/c1-10(16)13-5-7-14(8-6-13)11-3-2-4-12(9-11)15(17)18/h2-4,9H,5-8H2,1H3. The zero-order valence-corrected chi connectivity index (χ0v) is 10.2. The summed E-state index contributed by atoms with van der Waals surface area (Å²) in [6, 6.07) is 6.60. The lowest BCUT2D eigenvalue weighted by molar-refractivity contribution is -0.384. The number of rotatable bonds is 2. The highest BCUT2D eigenvalue weighted by Crippen LogP contribution is 2.22. The molecule has 2 rings (SSSR count). The van der Waals surface area contributed by atoms with E-state index in [1.165, 1.54) is 6.07 Å². The number of nitrogens with zero attached hydrogens (tertiary/aromatic N) is 3. The number of hydrogen-bond donors (Lipinski definition) is 0. The molecule has 0 bridgehead atoms. The lowest BCUT2D eigenvalue weighted by Gasteiger charge is -2.35. The van der Waals surface area contributed by atoms with Crippen LogP contribution in [0.15, 0.2) is 24.3 Å². The topological polar surface area (TPSA) is 66.7 Å². The van der Waals surface area contributed by atoms with Gasteiger partial charge in [0.2, 0.25) is 5.91 Å². The minimum Gasteiger partial charge on any atom is -0.368 e. The fraction of sp³-hybridized carbons (Fsp3) is 0.417. The maximum atomic E-state index is 11.2. The molecule has 1 amide bonds. The second kappa shape index (κ2) is 5.03. The molecule has 1 saturated heterocycles. The van der Waals surface area contributed by atoms with Gasteiger partial charge in [0.05, 0.1) is 4.92 Å². The summed E-state index contributed by atoms with van der Waals surface area (Å²) in [6.07, 6.45) is 0. The van der Waals surface area contributed by atoms with Crippen molar-refractivity contribution in [2.24, 2.45) is 0 Å². The maximum absolute atomic E-state index is 11.2. The van der Waals surface area contributed by atoms with Crippen molar-refractivity contribution >= 4 is 17.3 Å². The number of anilines is 1. The SMILES string of the molecule is CC(=O)N1CCN(c2cccc([N+](=O)[O-])c2)CC1. The number of piperazine rings is 1. The molecule has 0 aromatic heterocycles. The molecule has 18 heavy (non-hydrogen) atoms. The van der Waals surface area contributed by atoms with Gasteiger partial charge in [-0.15, -0.1) is 0 Å². The van der Waals surface area contributed by atoms with E-state index in [1.54, 1.807) is 24.0 Å². The van der Waals surface area contributed by atoms with Gasteiger partial charge in [-0.1, -0.05) is 6.07 Å². The summed E-state index contributed by atoms with van der Waals surface area (Å²) in [4.78, 5) is 25.4. The van der Waals surface area contributed by atoms with Gasteiger partial charge in [-0.2, -0.15) is 0 Å². The number of amides is 1. The molecule has 6 nitrogen and oxygen atoms in total. The smallest absolute Gasteiger partial charge is 0.271 e. The van der Waals surface area contributed by atoms with Gasteiger partial charge in [-0.25, -0.2) is 0 Å². The monoisotopic (exact) mass is 249 g/mol. The fourth-order valence-electron chi connectivity index (χ4n) is 2.08. The molecular weight excluding hydrogens is 234 g/mol. The van der Waals surface area contributed by atoms with Gasteiger partial charge in [-0.3, -0.25) is 14.9 Å². The second-order valence-electron chi connectivity index (χ2n) is 4.27. The van der Waals surface area contributed by atoms with Crippen molar-refractivity contribution in [1.82, 2.24) is 4.90 Å². The Kier molecular flexibility index (Phi) is 3.45. The maximum Gasteiger partial charge on any atom is 0.271 e. The van der Waals surface area contributed by atoms with E-state index in [1.807, 2.05) is 6.07 Å². The van der Waals surface area contributed by atoms with E-state index >= 15 is 0 Å². The molecule has 0 aliphatic carbocycles. The lowest BCUT2D eigenvalue weighted by Crippen LogP contribution is -2.48. The van der Waals surface area contributed by atoms with E-state index in [-0.39, 0.29) is 11.6 Å². The molecule has 1 aliphatic rings. The summed E-state index contributed by atoms with van der Waals surface area (Å²) in [5, 5.41) is 10.7. The fourth-order valence-corrected chi connectivity index (χ4v) is 2.08. The van der Waals surface area contributed by atoms with Gasteiger partial charge in [-0.05, 0) is 6.07 Å². The summed E-state index contributed by atoms with van der Waals surface area (Å²) in [5.74, 6) is 0.0775. The van der Waals surface area contributed by atoms with Gasteiger partial charge in [0, 0.05) is 50.9 Å². The van der Waals surface area contributed by atoms with E-state index in [9.17, 15) is 14.9 Å². The molecule has 6 heteroatoms. The molecule has 1 fully saturated rings. The van der Waals surface area contributed by atoms with Crippen LogP contribution in [0, 0.1) is 10.1 Å². The van der Waals surface area contributed by atoms with Crippen molar-refractivity contribution in [3.8, 4) is 0 Å². The largest absolute Gasteiger partial charge is 0.368 e. The summed E-state index contributed by atoms with van der Waals surface area (Å²) in [6.45, 7) is 4.31. The molecule has 0 atom stereocenters. The van der Waals surface area contributed by atoms with Crippen molar-refractivity contribution in [2.75, 3.05) is 31.1 Å². The van der Waals surface area contributed by atoms with Crippen molar-refractivity contribution in [1.29, 1.82) is 0 Å². The van der Waals surface area contributed by atoms with E-state index in [2.05, 4.69) is 4.90 Å². The Labute approximate surface area is 105 Å². The van der Waals surface area contributed by atoms with Gasteiger partial charge in [0.1, 0.15) is 0 Å². The molecule has 0 saturated carbocycles. The molecular formula is C12H15N3O3. The van der Waals surface area contributed by atoms with Crippen molar-refractivity contribution in [3.63, 3.8) is 0 Å². The highest BCUT2D eigenvalue weighted by Gasteiger charge is 2.19. The van der Waals surface area contributed by atoms with Gasteiger partial charge < -0.3 is 9.80 Å². The van der Waals surface area contributed by atoms with Crippen LogP contribution in [-0.2, 0) is 4.79 Å². The van der Waals surface area contributed by atoms with E-state index in [0.717, 1.165) is 5.69 Å². The predicted molar refractivity (Wildman–Crippen MR) is 67.6 cm³/mol. The predicted octanol–water partition coefficient (Wildman–Crippen LogP) is 1.26. The number of nitro benzene ring substituents is 1. The highest BCUT2D eigenvalue weighted by molar-refractivity contribution is 5.73. The van der Waals surface area contributed by atoms with E-state index < -0.39 is 4.92 Å². The number of hydrogen-bond acceptors (Lipinski definition) is 4. The molecule has 1 aromatic carbocycles. The van der Waals surface area contributed by atoms with Gasteiger partial charge >= 0.3 is 0 Å². The van der Waals surface area contributed by atoms with Crippen LogP contribution in [0.4, 0.5) is 11.4 Å². The Hall–Kier alpha value is -2.11. The van der Waals surface area contributed by atoms with Crippen LogP contribution in [0.1, 0.15) is 6.92 Å². The Bertz CT molecular complexity index is 467. The first-order chi connectivity index (χ1) is 8.58. The third kappa shape index (κ3) is 2.58. The summed E-state index contributed by atoms with van der Waals surface area (Å²) >= 11 is 0. The Morgan fingerprint density at radius 3 is 2.50 bits per heavy atom. The van der Waals surface area contributed by atoms with Crippen molar-refractivity contribution < 1.29 is 9.72 Å². The third-order valence-corrected chi connectivity index (χ3v) is 3.13. The summed E-state index contributed by atoms with van der Waals surface area (Å²) in [7, 11) is 0. The van der Waals surface area contributed by atoms with Crippen LogP contribution in [-0.4, -0.2) is 41.9 Å². The van der Waals surface area contributed by atoms with E-state index in [4.69, 9.17) is 0 Å². The van der Waals surface area contributed by atoms with Crippen LogP contribution in [0.2, 0.25) is 0 Å². The lowest BCUT2D eigenvalue weighted by atomic mass is 10.2. The van der Waals surface area contributed by atoms with Crippen LogP contribution in [0.25, 0.3) is 0 Å². The normalized spacial score (nSPS) is 15.6. The molecule has 1 heterocycles. The third-order valence-electron chi connectivity index (χ3n) is 3.13. The zero-order chi connectivity index (χ0) is 13.1. The summed E-state index contributed by atoms with van der Waals surface area (Å²) < 4.78 is 0. The van der Waals surface area contributed by atoms with Crippen molar-refractivity contribution in [2.45, 2.75) is 6.92 Å². The molecule has 1 aliphatic heterocycles. The molecule has 0 N–H and O–H groups in total. The Morgan fingerprint density at radius 1 is 1.28 bits per heavy atom. The Morgan fingerprint density at radius 2 is 1.94 bits per heavy atom. The van der Waals surface area contributed by atoms with Crippen LogP contribution >= 0.6 is 0 Å². The number of benzene rings is 1. The van der Waals surface area contributed by atoms with Crippen LogP contribution < -0.4 is 4.90 Å². The minimum atomic E-state index is -0.394. The number of non-ortho nitro benzene ring substituents is 1. The molecule has 1 aromatic rings. The zero-order valence-electron chi connectivity index (χ0n) is 10.2. The Balaban J connectivity index is 2.07.